The van der Waals surface area contributed by atoms with Crippen LogP contribution in [0.15, 0.2) is 78.9 Å². The lowest BCUT2D eigenvalue weighted by molar-refractivity contribution is 0.102. The van der Waals surface area contributed by atoms with Crippen LogP contribution in [0.5, 0.6) is 5.75 Å². The van der Waals surface area contributed by atoms with E-state index in [1.54, 1.807) is 12.1 Å². The van der Waals surface area contributed by atoms with Crippen LogP contribution in [0.4, 0.5) is 11.4 Å². The highest BCUT2D eigenvalue weighted by Gasteiger charge is 2.17. The van der Waals surface area contributed by atoms with Crippen LogP contribution in [0.3, 0.4) is 0 Å². The van der Waals surface area contributed by atoms with Crippen molar-refractivity contribution >= 4 is 17.3 Å². The van der Waals surface area contributed by atoms with Gasteiger partial charge in [-0.3, -0.25) is 9.69 Å². The van der Waals surface area contributed by atoms with E-state index in [1.807, 2.05) is 66.7 Å². The fourth-order valence-corrected chi connectivity index (χ4v) is 3.57. The fourth-order valence-electron chi connectivity index (χ4n) is 3.57. The maximum absolute atomic E-state index is 12.4. The predicted molar refractivity (Wildman–Crippen MR) is 116 cm³/mol. The zero-order chi connectivity index (χ0) is 20.1. The first-order valence-electron chi connectivity index (χ1n) is 9.89. The number of anilines is 2. The fraction of sp³-hybridized carbons (Fsp3) is 0.208. The van der Waals surface area contributed by atoms with Crippen LogP contribution in [0.1, 0.15) is 15.9 Å². The van der Waals surface area contributed by atoms with Gasteiger partial charge >= 0.3 is 0 Å². The number of carbonyl (C=O) groups excluding carboxylic acids is 1. The average molecular weight is 387 g/mol. The molecule has 148 valence electrons. The number of amides is 1. The molecule has 0 saturated carbocycles. The quantitative estimate of drug-likeness (QED) is 0.696. The van der Waals surface area contributed by atoms with Crippen molar-refractivity contribution in [1.82, 2.24) is 4.90 Å². The van der Waals surface area contributed by atoms with Crippen molar-refractivity contribution in [2.75, 3.05) is 36.4 Å². The predicted octanol–water partition coefficient (Wildman–Crippen LogP) is 3.97. The number of hydrogen-bond acceptors (Lipinski definition) is 4. The molecule has 0 atom stereocenters. The first kappa shape index (κ1) is 19.0. The van der Waals surface area contributed by atoms with Crippen LogP contribution in [-0.2, 0) is 6.54 Å². The molecule has 0 bridgehead atoms. The van der Waals surface area contributed by atoms with Gasteiger partial charge in [0, 0.05) is 49.7 Å². The Labute approximate surface area is 171 Å². The highest BCUT2D eigenvalue weighted by Crippen LogP contribution is 2.20. The van der Waals surface area contributed by atoms with Gasteiger partial charge in [0.15, 0.2) is 0 Å². The second kappa shape index (κ2) is 8.80. The van der Waals surface area contributed by atoms with Crippen molar-refractivity contribution in [3.8, 4) is 5.75 Å². The lowest BCUT2D eigenvalue weighted by atomic mass is 10.1. The molecule has 0 aromatic heterocycles. The first-order chi connectivity index (χ1) is 14.2. The lowest BCUT2D eigenvalue weighted by Crippen LogP contribution is -2.45. The van der Waals surface area contributed by atoms with Gasteiger partial charge in [-0.1, -0.05) is 30.3 Å². The van der Waals surface area contributed by atoms with Crippen LogP contribution in [-0.4, -0.2) is 42.1 Å². The number of piperazine rings is 1. The molecule has 0 spiro atoms. The molecule has 1 aliphatic rings. The largest absolute Gasteiger partial charge is 0.508 e. The minimum absolute atomic E-state index is 0.0923. The number of para-hydroxylation sites is 1. The summed E-state index contributed by atoms with van der Waals surface area (Å²) < 4.78 is 0. The summed E-state index contributed by atoms with van der Waals surface area (Å²) in [6.45, 7) is 4.77. The zero-order valence-electron chi connectivity index (χ0n) is 16.3. The normalized spacial score (nSPS) is 14.6. The van der Waals surface area contributed by atoms with Crippen molar-refractivity contribution in [3.63, 3.8) is 0 Å². The van der Waals surface area contributed by atoms with Crippen molar-refractivity contribution in [3.05, 3.63) is 90.0 Å². The molecular formula is C24H25N3O2. The third kappa shape index (κ3) is 4.95. The van der Waals surface area contributed by atoms with E-state index in [1.165, 1.54) is 5.56 Å². The molecule has 1 aliphatic heterocycles. The molecule has 0 radical (unpaired) electrons. The molecule has 1 amide bonds. The van der Waals surface area contributed by atoms with Crippen molar-refractivity contribution in [2.45, 2.75) is 6.54 Å². The molecule has 5 nitrogen and oxygen atoms in total. The summed E-state index contributed by atoms with van der Waals surface area (Å²) >= 11 is 0. The van der Waals surface area contributed by atoms with Crippen LogP contribution in [0.25, 0.3) is 0 Å². The van der Waals surface area contributed by atoms with E-state index in [2.05, 4.69) is 15.1 Å². The molecule has 29 heavy (non-hydrogen) atoms. The van der Waals surface area contributed by atoms with Gasteiger partial charge in [0.05, 0.1) is 0 Å². The number of rotatable bonds is 5. The van der Waals surface area contributed by atoms with Crippen LogP contribution in [0.2, 0.25) is 0 Å². The van der Waals surface area contributed by atoms with Crippen molar-refractivity contribution < 1.29 is 9.90 Å². The van der Waals surface area contributed by atoms with Gasteiger partial charge in [0.25, 0.3) is 5.91 Å². The molecule has 4 rings (SSSR count). The van der Waals surface area contributed by atoms with E-state index in [0.717, 1.165) is 44.1 Å². The molecule has 2 N–H and O–H groups in total. The second-order valence-electron chi connectivity index (χ2n) is 7.30. The van der Waals surface area contributed by atoms with Crippen LogP contribution < -0.4 is 10.2 Å². The summed E-state index contributed by atoms with van der Waals surface area (Å²) in [5, 5.41) is 12.3. The average Bonchev–Trinajstić information content (AvgIpc) is 2.76. The standard InChI is InChI=1S/C24H25N3O2/c28-23-12-10-22(11-13-23)27-16-14-26(15-17-27)18-19-6-8-20(9-7-19)24(29)25-21-4-2-1-3-5-21/h1-13,28H,14-18H2,(H,25,29). The van der Waals surface area contributed by atoms with Crippen LogP contribution in [0, 0.1) is 0 Å². The molecule has 3 aromatic carbocycles. The Bertz CT molecular complexity index is 932. The molecule has 0 unspecified atom stereocenters. The van der Waals surface area contributed by atoms with Crippen molar-refractivity contribution in [2.24, 2.45) is 0 Å². The first-order valence-corrected chi connectivity index (χ1v) is 9.89. The number of hydrogen-bond donors (Lipinski definition) is 2. The van der Waals surface area contributed by atoms with Gasteiger partial charge < -0.3 is 15.3 Å². The summed E-state index contributed by atoms with van der Waals surface area (Å²) in [7, 11) is 0. The third-order valence-corrected chi connectivity index (χ3v) is 5.24. The summed E-state index contributed by atoms with van der Waals surface area (Å²) in [4.78, 5) is 17.1. The number of nitrogens with one attached hydrogen (secondary N) is 1. The molecule has 1 fully saturated rings. The van der Waals surface area contributed by atoms with Gasteiger partial charge in [-0.2, -0.15) is 0 Å². The smallest absolute Gasteiger partial charge is 0.255 e. The molecule has 5 heteroatoms. The lowest BCUT2D eigenvalue weighted by Gasteiger charge is -2.36. The van der Waals surface area contributed by atoms with Gasteiger partial charge in [0.2, 0.25) is 0 Å². The number of carbonyl (C=O) groups is 1. The highest BCUT2D eigenvalue weighted by molar-refractivity contribution is 6.04. The van der Waals surface area contributed by atoms with Crippen molar-refractivity contribution in [1.29, 1.82) is 0 Å². The van der Waals surface area contributed by atoms with Gasteiger partial charge in [0.1, 0.15) is 5.75 Å². The van der Waals surface area contributed by atoms with E-state index in [9.17, 15) is 9.90 Å². The number of phenols is 1. The minimum atomic E-state index is -0.0923. The van der Waals surface area contributed by atoms with E-state index >= 15 is 0 Å². The highest BCUT2D eigenvalue weighted by atomic mass is 16.3. The Hall–Kier alpha value is -3.31. The van der Waals surface area contributed by atoms with Crippen LogP contribution >= 0.6 is 0 Å². The van der Waals surface area contributed by atoms with Gasteiger partial charge in [-0.05, 0) is 54.1 Å². The summed E-state index contributed by atoms with van der Waals surface area (Å²) in [6.07, 6.45) is 0. The molecule has 1 saturated heterocycles. The number of phenolic OH excluding ortho intramolecular Hbond substituents is 1. The van der Waals surface area contributed by atoms with E-state index in [-0.39, 0.29) is 5.91 Å². The number of nitrogens with zero attached hydrogens (tertiary/aromatic N) is 2. The summed E-state index contributed by atoms with van der Waals surface area (Å²) in [5.41, 5.74) is 3.82. The van der Waals surface area contributed by atoms with Gasteiger partial charge in [-0.15, -0.1) is 0 Å². The Morgan fingerprint density at radius 2 is 1.48 bits per heavy atom. The summed E-state index contributed by atoms with van der Waals surface area (Å²) in [5.74, 6) is 0.207. The Morgan fingerprint density at radius 3 is 2.14 bits per heavy atom. The minimum Gasteiger partial charge on any atom is -0.508 e. The SMILES string of the molecule is O=C(Nc1ccccc1)c1ccc(CN2CCN(c3ccc(O)cc3)CC2)cc1. The number of benzene rings is 3. The van der Waals surface area contributed by atoms with E-state index in [4.69, 9.17) is 0 Å². The molecule has 1 heterocycles. The Kier molecular flexibility index (Phi) is 5.77. The zero-order valence-corrected chi connectivity index (χ0v) is 16.3. The Balaban J connectivity index is 1.29. The number of aromatic hydroxyl groups is 1. The van der Waals surface area contributed by atoms with E-state index < -0.39 is 0 Å². The maximum Gasteiger partial charge on any atom is 0.255 e. The third-order valence-electron chi connectivity index (χ3n) is 5.24. The molecular weight excluding hydrogens is 362 g/mol. The topological polar surface area (TPSA) is 55.8 Å². The maximum atomic E-state index is 12.4. The van der Waals surface area contributed by atoms with Gasteiger partial charge in [-0.25, -0.2) is 0 Å². The van der Waals surface area contributed by atoms with E-state index in [0.29, 0.717) is 11.3 Å². The second-order valence-corrected chi connectivity index (χ2v) is 7.30. The monoisotopic (exact) mass is 387 g/mol. The molecule has 0 aliphatic carbocycles. The molecule has 3 aromatic rings. The Morgan fingerprint density at radius 1 is 0.828 bits per heavy atom. The summed E-state index contributed by atoms with van der Waals surface area (Å²) in [6, 6.07) is 24.7.